The Labute approximate surface area is 365 Å². The fourth-order valence-corrected chi connectivity index (χ4v) is 11.6. The first-order chi connectivity index (χ1) is 31.3. The molecule has 11 aromatic rings. The van der Waals surface area contributed by atoms with Crippen LogP contribution in [0.5, 0.6) is 0 Å². The van der Waals surface area contributed by atoms with Crippen molar-refractivity contribution in [2.45, 2.75) is 15.2 Å². The number of hydrogen-bond acceptors (Lipinski definition) is 4. The second-order valence-corrected chi connectivity index (χ2v) is 17.2. The molecule has 0 saturated heterocycles. The molecule has 306 valence electrons. The van der Waals surface area contributed by atoms with Crippen molar-refractivity contribution in [3.8, 4) is 22.3 Å². The van der Waals surface area contributed by atoms with Crippen LogP contribution in [0.25, 0.3) is 66.1 Å². The number of hydrogen-bond donors (Lipinski definition) is 0. The van der Waals surface area contributed by atoms with Crippen molar-refractivity contribution >= 4 is 72.7 Å². The quantitative estimate of drug-likeness (QED) is 0.100. The normalized spacial score (nSPS) is 13.5. The SMILES string of the molecule is Fc1c(F)c(F)c(-c2ccc3oc4cccc(N(c5ccc6c(c5)oc5ccccc56)c5cccc6c5Sc5ccccc5C65c6ccccc6-c6ccccc65)c4c3c2)c(F)c1F. The van der Waals surface area contributed by atoms with E-state index in [9.17, 15) is 13.2 Å². The highest BCUT2D eigenvalue weighted by Crippen LogP contribution is 2.64. The van der Waals surface area contributed by atoms with Gasteiger partial charge in [-0.25, -0.2) is 22.0 Å². The van der Waals surface area contributed by atoms with Crippen molar-refractivity contribution in [2.24, 2.45) is 0 Å². The molecule has 1 aliphatic carbocycles. The van der Waals surface area contributed by atoms with Crippen molar-refractivity contribution in [1.82, 2.24) is 0 Å². The zero-order valence-corrected chi connectivity index (χ0v) is 34.0. The van der Waals surface area contributed by atoms with Crippen LogP contribution in [0, 0.1) is 29.1 Å². The molecule has 2 aromatic heterocycles. The highest BCUT2D eigenvalue weighted by atomic mass is 32.2. The van der Waals surface area contributed by atoms with Crippen LogP contribution in [-0.2, 0) is 5.41 Å². The molecule has 0 saturated carbocycles. The molecule has 64 heavy (non-hydrogen) atoms. The predicted octanol–water partition coefficient (Wildman–Crippen LogP) is 16.1. The van der Waals surface area contributed by atoms with E-state index >= 15 is 8.78 Å². The van der Waals surface area contributed by atoms with Crippen LogP contribution in [0.3, 0.4) is 0 Å². The van der Waals surface area contributed by atoms with E-state index in [-0.39, 0.29) is 5.56 Å². The van der Waals surface area contributed by atoms with Gasteiger partial charge in [0.2, 0.25) is 5.82 Å². The van der Waals surface area contributed by atoms with E-state index in [0.717, 1.165) is 43.1 Å². The summed E-state index contributed by atoms with van der Waals surface area (Å²) in [7, 11) is 0. The molecule has 9 heteroatoms. The average Bonchev–Trinajstić information content (AvgIpc) is 3.99. The minimum absolute atomic E-state index is 0.196. The molecule has 0 amide bonds. The summed E-state index contributed by atoms with van der Waals surface area (Å²) in [6, 6.07) is 55.9. The average molecular weight is 862 g/mol. The van der Waals surface area contributed by atoms with E-state index in [0.29, 0.717) is 33.2 Å². The van der Waals surface area contributed by atoms with Crippen molar-refractivity contribution < 1.29 is 30.8 Å². The Kier molecular flexibility index (Phi) is 7.77. The second kappa shape index (κ2) is 13.4. The highest BCUT2D eigenvalue weighted by molar-refractivity contribution is 7.99. The lowest BCUT2D eigenvalue weighted by Crippen LogP contribution is -2.32. The Balaban J connectivity index is 1.12. The van der Waals surface area contributed by atoms with E-state index < -0.39 is 40.1 Å². The molecule has 0 fully saturated rings. The fraction of sp³-hybridized carbons (Fsp3) is 0.0182. The molecule has 0 N–H and O–H groups in total. The molecule has 2 aliphatic rings. The molecule has 3 nitrogen and oxygen atoms in total. The molecule has 0 radical (unpaired) electrons. The van der Waals surface area contributed by atoms with Gasteiger partial charge in [0, 0.05) is 37.7 Å². The van der Waals surface area contributed by atoms with Crippen LogP contribution in [0.15, 0.2) is 188 Å². The van der Waals surface area contributed by atoms with Crippen LogP contribution in [0.1, 0.15) is 22.3 Å². The van der Waals surface area contributed by atoms with Crippen LogP contribution >= 0.6 is 11.8 Å². The number of fused-ring (bicyclic) bond motifs is 15. The summed E-state index contributed by atoms with van der Waals surface area (Å²) in [6.07, 6.45) is 0. The number of anilines is 3. The molecular formula is C55H28F5NO2S. The van der Waals surface area contributed by atoms with Gasteiger partial charge in [0.1, 0.15) is 22.3 Å². The van der Waals surface area contributed by atoms with Gasteiger partial charge in [-0.15, -0.1) is 0 Å². The first-order valence-electron chi connectivity index (χ1n) is 20.6. The standard InChI is InChI=1S/C55H28F5NO2S/c56-49-47(50(57)52(59)53(60)51(49)58)29-23-26-43-35(27-29)48-40(18-10-21-44(48)62-43)61(30-24-25-34-33-13-3-7-20-42(33)63-45(34)28-30)41-19-9-17-39-54(41)64-46-22-8-6-16-38(46)55(39)36-14-4-1-11-31(36)32-12-2-5-15-37(32)55/h1-28H. The molecule has 1 aliphatic heterocycles. The molecule has 0 atom stereocenters. The van der Waals surface area contributed by atoms with E-state index in [2.05, 4.69) is 95.9 Å². The molecular weight excluding hydrogens is 834 g/mol. The minimum atomic E-state index is -2.22. The number of nitrogens with zero attached hydrogens (tertiary/aromatic N) is 1. The van der Waals surface area contributed by atoms with Gasteiger partial charge < -0.3 is 13.7 Å². The number of halogens is 5. The smallest absolute Gasteiger partial charge is 0.200 e. The topological polar surface area (TPSA) is 29.5 Å². The van der Waals surface area contributed by atoms with Gasteiger partial charge in [-0.2, -0.15) is 0 Å². The van der Waals surface area contributed by atoms with Crippen molar-refractivity contribution in [1.29, 1.82) is 0 Å². The number of furan rings is 2. The molecule has 0 unspecified atom stereocenters. The highest BCUT2D eigenvalue weighted by Gasteiger charge is 2.50. The van der Waals surface area contributed by atoms with Crippen LogP contribution < -0.4 is 4.90 Å². The van der Waals surface area contributed by atoms with Gasteiger partial charge in [-0.1, -0.05) is 121 Å². The van der Waals surface area contributed by atoms with Gasteiger partial charge in [0.25, 0.3) is 0 Å². The Morgan fingerprint density at radius 3 is 1.78 bits per heavy atom. The Morgan fingerprint density at radius 2 is 1.00 bits per heavy atom. The summed E-state index contributed by atoms with van der Waals surface area (Å²) in [5.41, 5.74) is 9.55. The summed E-state index contributed by atoms with van der Waals surface area (Å²) >= 11 is 1.69. The maximum Gasteiger partial charge on any atom is 0.200 e. The van der Waals surface area contributed by atoms with E-state index in [1.165, 1.54) is 46.0 Å². The van der Waals surface area contributed by atoms with Gasteiger partial charge in [0.05, 0.1) is 27.7 Å². The lowest BCUT2D eigenvalue weighted by atomic mass is 9.67. The van der Waals surface area contributed by atoms with E-state index in [1.54, 1.807) is 17.8 Å². The van der Waals surface area contributed by atoms with Crippen LogP contribution in [0.4, 0.5) is 39.0 Å². The lowest BCUT2D eigenvalue weighted by molar-refractivity contribution is 0.381. The Morgan fingerprint density at radius 1 is 0.422 bits per heavy atom. The number of benzene rings is 9. The van der Waals surface area contributed by atoms with Gasteiger partial charge in [0.15, 0.2) is 23.3 Å². The summed E-state index contributed by atoms with van der Waals surface area (Å²) in [6.45, 7) is 0. The first kappa shape index (κ1) is 37.0. The van der Waals surface area contributed by atoms with E-state index in [4.69, 9.17) is 8.83 Å². The Bertz CT molecular complexity index is 3740. The molecule has 1 spiro atoms. The maximum absolute atomic E-state index is 15.4. The zero-order chi connectivity index (χ0) is 43.0. The van der Waals surface area contributed by atoms with Crippen LogP contribution in [-0.4, -0.2) is 0 Å². The molecule has 13 rings (SSSR count). The number of para-hydroxylation sites is 1. The van der Waals surface area contributed by atoms with E-state index in [1.807, 2.05) is 54.6 Å². The fourth-order valence-electron chi connectivity index (χ4n) is 10.3. The summed E-state index contributed by atoms with van der Waals surface area (Å²) < 4.78 is 87.2. The summed E-state index contributed by atoms with van der Waals surface area (Å²) in [4.78, 5) is 4.25. The zero-order valence-electron chi connectivity index (χ0n) is 33.2. The monoisotopic (exact) mass is 861 g/mol. The second-order valence-electron chi connectivity index (χ2n) is 16.1. The van der Waals surface area contributed by atoms with Gasteiger partial charge in [-0.3, -0.25) is 0 Å². The predicted molar refractivity (Wildman–Crippen MR) is 242 cm³/mol. The summed E-state index contributed by atoms with van der Waals surface area (Å²) in [5, 5.41) is 2.90. The van der Waals surface area contributed by atoms with Crippen LogP contribution in [0.2, 0.25) is 0 Å². The van der Waals surface area contributed by atoms with Gasteiger partial charge in [-0.05, 0) is 93.5 Å². The third-order valence-electron chi connectivity index (χ3n) is 12.9. The molecule has 0 bridgehead atoms. The van der Waals surface area contributed by atoms with Crippen molar-refractivity contribution in [3.05, 3.63) is 221 Å². The van der Waals surface area contributed by atoms with Crippen molar-refractivity contribution in [3.63, 3.8) is 0 Å². The molecule has 9 aromatic carbocycles. The third-order valence-corrected chi connectivity index (χ3v) is 14.1. The minimum Gasteiger partial charge on any atom is -0.456 e. The summed E-state index contributed by atoms with van der Waals surface area (Å²) in [5.74, 6) is -10.1. The largest absolute Gasteiger partial charge is 0.456 e. The van der Waals surface area contributed by atoms with Crippen molar-refractivity contribution in [2.75, 3.05) is 4.90 Å². The third kappa shape index (κ3) is 4.87. The Hall–Kier alpha value is -7.62. The first-order valence-corrected chi connectivity index (χ1v) is 21.4. The lowest BCUT2D eigenvalue weighted by Gasteiger charge is -2.41. The maximum atomic E-state index is 15.4. The molecule has 3 heterocycles. The van der Waals surface area contributed by atoms with Gasteiger partial charge >= 0.3 is 0 Å². The number of rotatable bonds is 4.